The smallest absolute Gasteiger partial charge is 0.271 e. The van der Waals surface area contributed by atoms with E-state index in [4.69, 9.17) is 5.73 Å². The van der Waals surface area contributed by atoms with Crippen LogP contribution >= 0.6 is 0 Å². The summed E-state index contributed by atoms with van der Waals surface area (Å²) in [5.74, 6) is -4.05. The standard InChI is InChI=1S/C23H28F3N5O3S/c1-13-11-30-22(12-29-13)23(32)28-4-5-35(33,34)31-16-2-3-17(31)7-15(6-16)21(27)9-14-8-19(25)20(26)10-18(14)24/h8,10-12,15-17,21H,2-7,9,27H2,1H3,(H,28,32)/t15?,16-,17+,21?. The summed E-state index contributed by atoms with van der Waals surface area (Å²) in [5, 5.41) is 2.57. The van der Waals surface area contributed by atoms with E-state index in [-0.39, 0.29) is 48.0 Å². The molecule has 3 N–H and O–H groups in total. The first-order valence-electron chi connectivity index (χ1n) is 11.5. The number of nitrogens with zero attached hydrogens (tertiary/aromatic N) is 3. The van der Waals surface area contributed by atoms with Gasteiger partial charge >= 0.3 is 0 Å². The lowest BCUT2D eigenvalue weighted by molar-refractivity contribution is 0.0950. The Hall–Kier alpha value is -2.57. The predicted molar refractivity (Wildman–Crippen MR) is 122 cm³/mol. The molecule has 2 bridgehead atoms. The molecule has 2 aromatic rings. The predicted octanol–water partition coefficient (Wildman–Crippen LogP) is 2.07. The summed E-state index contributed by atoms with van der Waals surface area (Å²) in [5.41, 5.74) is 7.10. The molecule has 2 aliphatic heterocycles. The van der Waals surface area contributed by atoms with Crippen LogP contribution < -0.4 is 11.1 Å². The molecule has 1 aromatic heterocycles. The van der Waals surface area contributed by atoms with Gasteiger partial charge in [0.15, 0.2) is 11.6 Å². The lowest BCUT2D eigenvalue weighted by Crippen LogP contribution is -2.51. The van der Waals surface area contributed by atoms with Gasteiger partial charge in [0.05, 0.1) is 17.6 Å². The zero-order valence-electron chi connectivity index (χ0n) is 19.3. The van der Waals surface area contributed by atoms with Gasteiger partial charge in [-0.3, -0.25) is 9.78 Å². The summed E-state index contributed by atoms with van der Waals surface area (Å²) >= 11 is 0. The molecule has 35 heavy (non-hydrogen) atoms. The Morgan fingerprint density at radius 2 is 1.77 bits per heavy atom. The number of aromatic nitrogens is 2. The summed E-state index contributed by atoms with van der Waals surface area (Å²) < 4.78 is 68.5. The van der Waals surface area contributed by atoms with E-state index in [1.54, 1.807) is 6.92 Å². The number of halogens is 3. The van der Waals surface area contributed by atoms with E-state index < -0.39 is 39.4 Å². The van der Waals surface area contributed by atoms with Crippen molar-refractivity contribution in [3.05, 3.63) is 58.9 Å². The van der Waals surface area contributed by atoms with E-state index in [1.807, 2.05) is 0 Å². The number of benzene rings is 1. The summed E-state index contributed by atoms with van der Waals surface area (Å²) in [7, 11) is -3.64. The number of hydrogen-bond donors (Lipinski definition) is 2. The second-order valence-corrected chi connectivity index (χ2v) is 11.3. The van der Waals surface area contributed by atoms with Gasteiger partial charge in [-0.05, 0) is 56.6 Å². The number of sulfonamides is 1. The fourth-order valence-electron chi connectivity index (χ4n) is 5.12. The van der Waals surface area contributed by atoms with Gasteiger partial charge < -0.3 is 11.1 Å². The molecule has 0 aliphatic carbocycles. The average Bonchev–Trinajstić information content (AvgIpc) is 3.08. The van der Waals surface area contributed by atoms with Crippen molar-refractivity contribution in [3.8, 4) is 0 Å². The molecule has 1 amide bonds. The normalized spacial score (nSPS) is 23.3. The van der Waals surface area contributed by atoms with Crippen molar-refractivity contribution < 1.29 is 26.4 Å². The van der Waals surface area contributed by atoms with E-state index >= 15 is 0 Å². The number of hydrogen-bond acceptors (Lipinski definition) is 6. The molecular weight excluding hydrogens is 483 g/mol. The number of fused-ring (bicyclic) bond motifs is 2. The van der Waals surface area contributed by atoms with Gasteiger partial charge in [0.2, 0.25) is 10.0 Å². The third-order valence-electron chi connectivity index (χ3n) is 6.83. The molecule has 4 rings (SSSR count). The minimum Gasteiger partial charge on any atom is -0.350 e. The largest absolute Gasteiger partial charge is 0.350 e. The van der Waals surface area contributed by atoms with E-state index in [9.17, 15) is 26.4 Å². The number of carbonyl (C=O) groups excluding carboxylic acids is 1. The van der Waals surface area contributed by atoms with E-state index in [0.717, 1.165) is 6.07 Å². The Kier molecular flexibility index (Phi) is 7.43. The molecule has 2 aliphatic rings. The topological polar surface area (TPSA) is 118 Å². The minimum absolute atomic E-state index is 0.00723. The molecule has 0 saturated carbocycles. The van der Waals surface area contributed by atoms with Gasteiger partial charge in [0, 0.05) is 36.9 Å². The maximum atomic E-state index is 14.1. The van der Waals surface area contributed by atoms with Crippen LogP contribution in [0.1, 0.15) is 47.4 Å². The number of amides is 1. The van der Waals surface area contributed by atoms with Crippen LogP contribution in [0, 0.1) is 30.3 Å². The number of piperidine rings is 1. The maximum Gasteiger partial charge on any atom is 0.271 e. The highest BCUT2D eigenvalue weighted by Gasteiger charge is 2.47. The van der Waals surface area contributed by atoms with Gasteiger partial charge in [-0.2, -0.15) is 4.31 Å². The van der Waals surface area contributed by atoms with Crippen LogP contribution in [-0.4, -0.2) is 59.0 Å². The molecule has 8 nitrogen and oxygen atoms in total. The van der Waals surface area contributed by atoms with Gasteiger partial charge in [0.25, 0.3) is 5.91 Å². The van der Waals surface area contributed by atoms with Crippen molar-refractivity contribution in [3.63, 3.8) is 0 Å². The van der Waals surface area contributed by atoms with Crippen LogP contribution in [0.25, 0.3) is 0 Å². The molecule has 0 radical (unpaired) electrons. The Bertz CT molecular complexity index is 1180. The second kappa shape index (κ2) is 10.2. The van der Waals surface area contributed by atoms with Crippen LogP contribution in [0.3, 0.4) is 0 Å². The molecule has 190 valence electrons. The van der Waals surface area contributed by atoms with Crippen molar-refractivity contribution in [2.45, 2.75) is 57.2 Å². The number of aryl methyl sites for hydroxylation is 1. The van der Waals surface area contributed by atoms with Gasteiger partial charge in [-0.1, -0.05) is 0 Å². The molecule has 2 fully saturated rings. The highest BCUT2D eigenvalue weighted by molar-refractivity contribution is 7.89. The first-order chi connectivity index (χ1) is 16.5. The highest BCUT2D eigenvalue weighted by Crippen LogP contribution is 2.42. The molecule has 1 aromatic carbocycles. The van der Waals surface area contributed by atoms with Crippen molar-refractivity contribution in [2.24, 2.45) is 11.7 Å². The Morgan fingerprint density at radius 3 is 2.40 bits per heavy atom. The molecule has 0 spiro atoms. The van der Waals surface area contributed by atoms with Crippen LogP contribution in [-0.2, 0) is 16.4 Å². The summed E-state index contributed by atoms with van der Waals surface area (Å²) in [6.45, 7) is 1.68. The zero-order valence-corrected chi connectivity index (χ0v) is 20.1. The quantitative estimate of drug-likeness (QED) is 0.524. The summed E-state index contributed by atoms with van der Waals surface area (Å²) in [6.07, 6.45) is 5.23. The fraction of sp³-hybridized carbons (Fsp3) is 0.522. The fourth-order valence-corrected chi connectivity index (χ4v) is 6.98. The Morgan fingerprint density at radius 1 is 1.11 bits per heavy atom. The van der Waals surface area contributed by atoms with Crippen LogP contribution in [0.15, 0.2) is 24.5 Å². The molecule has 2 saturated heterocycles. The summed E-state index contributed by atoms with van der Waals surface area (Å²) in [6, 6.07) is 0.360. The number of carbonyl (C=O) groups is 1. The highest BCUT2D eigenvalue weighted by atomic mass is 32.2. The van der Waals surface area contributed by atoms with Gasteiger partial charge in [0.1, 0.15) is 11.5 Å². The van der Waals surface area contributed by atoms with Gasteiger partial charge in [-0.25, -0.2) is 26.6 Å². The van der Waals surface area contributed by atoms with Crippen LogP contribution in [0.2, 0.25) is 0 Å². The molecule has 3 heterocycles. The number of nitrogens with two attached hydrogens (primary N) is 1. The SMILES string of the molecule is Cc1cnc(C(=O)NCCS(=O)(=O)N2[C@@H]3CC[C@H]2CC(C(N)Cc2cc(F)c(F)cc2F)C3)cn1. The van der Waals surface area contributed by atoms with Crippen molar-refractivity contribution in [2.75, 3.05) is 12.3 Å². The van der Waals surface area contributed by atoms with Crippen LogP contribution in [0.4, 0.5) is 13.2 Å². The first-order valence-corrected chi connectivity index (χ1v) is 13.1. The molecule has 4 atom stereocenters. The van der Waals surface area contributed by atoms with E-state index in [2.05, 4.69) is 15.3 Å². The third kappa shape index (κ3) is 5.65. The van der Waals surface area contributed by atoms with E-state index in [0.29, 0.717) is 37.4 Å². The second-order valence-electron chi connectivity index (χ2n) is 9.29. The van der Waals surface area contributed by atoms with Gasteiger partial charge in [-0.15, -0.1) is 0 Å². The number of nitrogens with one attached hydrogen (secondary N) is 1. The summed E-state index contributed by atoms with van der Waals surface area (Å²) in [4.78, 5) is 20.2. The van der Waals surface area contributed by atoms with E-state index in [1.165, 1.54) is 16.7 Å². The van der Waals surface area contributed by atoms with Crippen molar-refractivity contribution in [1.29, 1.82) is 0 Å². The monoisotopic (exact) mass is 511 g/mol. The molecular formula is C23H28F3N5O3S. The average molecular weight is 512 g/mol. The maximum absolute atomic E-state index is 14.1. The zero-order chi connectivity index (χ0) is 25.3. The minimum atomic E-state index is -3.64. The lowest BCUT2D eigenvalue weighted by Gasteiger charge is -2.40. The van der Waals surface area contributed by atoms with Crippen molar-refractivity contribution >= 4 is 15.9 Å². The number of rotatable bonds is 8. The molecule has 2 unspecified atom stereocenters. The lowest BCUT2D eigenvalue weighted by atomic mass is 9.83. The Labute approximate surface area is 202 Å². The first kappa shape index (κ1) is 25.5. The van der Waals surface area contributed by atoms with Crippen molar-refractivity contribution in [1.82, 2.24) is 19.6 Å². The third-order valence-corrected chi connectivity index (χ3v) is 8.79. The Balaban J connectivity index is 1.34. The molecule has 12 heteroatoms. The van der Waals surface area contributed by atoms with Crippen LogP contribution in [0.5, 0.6) is 0 Å².